The lowest BCUT2D eigenvalue weighted by Crippen LogP contribution is -2.49. The van der Waals surface area contributed by atoms with E-state index in [-0.39, 0.29) is 5.91 Å². The molecular formula is C22H28ClN3O3. The largest absolute Gasteiger partial charge is 0.492 e. The molecule has 1 fully saturated rings. The van der Waals surface area contributed by atoms with E-state index in [2.05, 4.69) is 15.1 Å². The fourth-order valence-corrected chi connectivity index (χ4v) is 3.36. The molecule has 1 amide bonds. The van der Waals surface area contributed by atoms with Gasteiger partial charge in [-0.2, -0.15) is 0 Å². The minimum atomic E-state index is -0.0170. The van der Waals surface area contributed by atoms with Gasteiger partial charge in [0, 0.05) is 37.7 Å². The number of rotatable bonds is 9. The minimum Gasteiger partial charge on any atom is -0.492 e. The Morgan fingerprint density at radius 2 is 1.69 bits per heavy atom. The molecular weight excluding hydrogens is 390 g/mol. The molecule has 6 nitrogen and oxygen atoms in total. The zero-order valence-electron chi connectivity index (χ0n) is 16.8. The average molecular weight is 418 g/mol. The van der Waals surface area contributed by atoms with Crippen LogP contribution in [0.1, 0.15) is 6.92 Å². The number of hydrogen-bond donors (Lipinski definition) is 1. The van der Waals surface area contributed by atoms with Gasteiger partial charge in [-0.05, 0) is 43.3 Å². The standard InChI is InChI=1S/C22H28ClN3O3/c1-2-28-21-6-4-3-5-20(21)24-22(27)17-26-13-11-25(12-14-26)15-16-29-19-9-7-18(23)8-10-19/h3-10H,2,11-17H2,1H3,(H,24,27). The second kappa shape index (κ2) is 11.0. The monoisotopic (exact) mass is 417 g/mol. The maximum atomic E-state index is 12.4. The van der Waals surface area contributed by atoms with Crippen LogP contribution in [-0.2, 0) is 4.79 Å². The quantitative estimate of drug-likeness (QED) is 0.678. The number of piperazine rings is 1. The molecule has 1 aliphatic heterocycles. The van der Waals surface area contributed by atoms with E-state index in [1.54, 1.807) is 0 Å². The topological polar surface area (TPSA) is 54.0 Å². The fraction of sp³-hybridized carbons (Fsp3) is 0.409. The number of ether oxygens (including phenoxy) is 2. The fourth-order valence-electron chi connectivity index (χ4n) is 3.24. The van der Waals surface area contributed by atoms with Gasteiger partial charge in [-0.15, -0.1) is 0 Å². The van der Waals surface area contributed by atoms with E-state index in [4.69, 9.17) is 21.1 Å². The Morgan fingerprint density at radius 1 is 1.00 bits per heavy atom. The van der Waals surface area contributed by atoms with Crippen LogP contribution in [0.4, 0.5) is 5.69 Å². The highest BCUT2D eigenvalue weighted by Crippen LogP contribution is 2.23. The average Bonchev–Trinajstić information content (AvgIpc) is 2.72. The van der Waals surface area contributed by atoms with E-state index in [1.165, 1.54) is 0 Å². The minimum absolute atomic E-state index is 0.0170. The summed E-state index contributed by atoms with van der Waals surface area (Å²) in [6.07, 6.45) is 0. The molecule has 0 spiro atoms. The molecule has 0 unspecified atom stereocenters. The number of carbonyl (C=O) groups is 1. The third kappa shape index (κ3) is 6.92. The van der Waals surface area contributed by atoms with Gasteiger partial charge in [-0.3, -0.25) is 14.6 Å². The number of amides is 1. The summed E-state index contributed by atoms with van der Waals surface area (Å²) in [6, 6.07) is 14.9. The van der Waals surface area contributed by atoms with E-state index < -0.39 is 0 Å². The van der Waals surface area contributed by atoms with Crippen LogP contribution in [0.15, 0.2) is 48.5 Å². The number of hydrogen-bond acceptors (Lipinski definition) is 5. The predicted molar refractivity (Wildman–Crippen MR) is 116 cm³/mol. The van der Waals surface area contributed by atoms with E-state index in [0.717, 1.165) is 44.2 Å². The number of para-hydroxylation sites is 2. The van der Waals surface area contributed by atoms with Gasteiger partial charge in [-0.1, -0.05) is 23.7 Å². The van der Waals surface area contributed by atoms with Gasteiger partial charge < -0.3 is 14.8 Å². The van der Waals surface area contributed by atoms with Gasteiger partial charge in [0.15, 0.2) is 0 Å². The molecule has 1 aliphatic rings. The number of benzene rings is 2. The second-order valence-electron chi connectivity index (χ2n) is 6.90. The van der Waals surface area contributed by atoms with Crippen molar-refractivity contribution in [2.24, 2.45) is 0 Å². The predicted octanol–water partition coefficient (Wildman–Crippen LogP) is 3.37. The van der Waals surface area contributed by atoms with Gasteiger partial charge in [0.1, 0.15) is 18.1 Å². The van der Waals surface area contributed by atoms with Crippen molar-refractivity contribution in [3.05, 3.63) is 53.6 Å². The third-order valence-corrected chi connectivity index (χ3v) is 5.03. The highest BCUT2D eigenvalue weighted by Gasteiger charge is 2.19. The molecule has 0 bridgehead atoms. The molecule has 29 heavy (non-hydrogen) atoms. The summed E-state index contributed by atoms with van der Waals surface area (Å²) < 4.78 is 11.3. The summed E-state index contributed by atoms with van der Waals surface area (Å²) in [5, 5.41) is 3.67. The van der Waals surface area contributed by atoms with Crippen LogP contribution in [-0.4, -0.2) is 68.2 Å². The first-order chi connectivity index (χ1) is 14.1. The van der Waals surface area contributed by atoms with E-state index in [0.29, 0.717) is 30.5 Å². The maximum absolute atomic E-state index is 12.4. The molecule has 1 saturated heterocycles. The van der Waals surface area contributed by atoms with Crippen LogP contribution in [0.2, 0.25) is 5.02 Å². The Hall–Kier alpha value is -2.28. The summed E-state index contributed by atoms with van der Waals surface area (Å²) in [5.41, 5.74) is 0.720. The van der Waals surface area contributed by atoms with Crippen LogP contribution >= 0.6 is 11.6 Å². The Bertz CT molecular complexity index is 777. The zero-order chi connectivity index (χ0) is 20.5. The van der Waals surface area contributed by atoms with Crippen LogP contribution in [0, 0.1) is 0 Å². The van der Waals surface area contributed by atoms with Gasteiger partial charge in [0.2, 0.25) is 5.91 Å². The molecule has 0 aliphatic carbocycles. The van der Waals surface area contributed by atoms with Crippen LogP contribution in [0.3, 0.4) is 0 Å². The lowest BCUT2D eigenvalue weighted by Gasteiger charge is -2.34. The van der Waals surface area contributed by atoms with E-state index in [1.807, 2.05) is 55.5 Å². The highest BCUT2D eigenvalue weighted by molar-refractivity contribution is 6.30. The zero-order valence-corrected chi connectivity index (χ0v) is 17.5. The summed E-state index contributed by atoms with van der Waals surface area (Å²) in [4.78, 5) is 17.0. The SMILES string of the molecule is CCOc1ccccc1NC(=O)CN1CCN(CCOc2ccc(Cl)cc2)CC1. The molecule has 0 aromatic heterocycles. The lowest BCUT2D eigenvalue weighted by molar-refractivity contribution is -0.117. The molecule has 1 heterocycles. The van der Waals surface area contributed by atoms with Crippen LogP contribution in [0.5, 0.6) is 11.5 Å². The van der Waals surface area contributed by atoms with Crippen molar-refractivity contribution < 1.29 is 14.3 Å². The van der Waals surface area contributed by atoms with E-state index in [9.17, 15) is 4.79 Å². The van der Waals surface area contributed by atoms with Crippen molar-refractivity contribution in [2.45, 2.75) is 6.92 Å². The Balaban J connectivity index is 1.36. The normalized spacial score (nSPS) is 15.1. The smallest absolute Gasteiger partial charge is 0.238 e. The molecule has 2 aromatic rings. The molecule has 0 saturated carbocycles. The first-order valence-electron chi connectivity index (χ1n) is 9.99. The molecule has 3 rings (SSSR count). The first kappa shape index (κ1) is 21.4. The Morgan fingerprint density at radius 3 is 2.41 bits per heavy atom. The first-order valence-corrected chi connectivity index (χ1v) is 10.4. The maximum Gasteiger partial charge on any atom is 0.238 e. The van der Waals surface area contributed by atoms with Gasteiger partial charge in [0.05, 0.1) is 18.8 Å². The number of carbonyl (C=O) groups excluding carboxylic acids is 1. The second-order valence-corrected chi connectivity index (χ2v) is 7.33. The van der Waals surface area contributed by atoms with Crippen molar-refractivity contribution in [3.8, 4) is 11.5 Å². The van der Waals surface area contributed by atoms with Crippen molar-refractivity contribution >= 4 is 23.2 Å². The molecule has 0 radical (unpaired) electrons. The van der Waals surface area contributed by atoms with Gasteiger partial charge in [0.25, 0.3) is 0 Å². The number of halogens is 1. The summed E-state index contributed by atoms with van der Waals surface area (Å²) >= 11 is 5.88. The van der Waals surface area contributed by atoms with Crippen LogP contribution in [0.25, 0.3) is 0 Å². The van der Waals surface area contributed by atoms with Crippen molar-refractivity contribution in [1.29, 1.82) is 0 Å². The Kier molecular flexibility index (Phi) is 8.16. The number of nitrogens with one attached hydrogen (secondary N) is 1. The molecule has 2 aromatic carbocycles. The highest BCUT2D eigenvalue weighted by atomic mass is 35.5. The van der Waals surface area contributed by atoms with Crippen molar-refractivity contribution in [2.75, 3.05) is 57.8 Å². The van der Waals surface area contributed by atoms with Crippen molar-refractivity contribution in [1.82, 2.24) is 9.80 Å². The number of anilines is 1. The Labute approximate surface area is 177 Å². The lowest BCUT2D eigenvalue weighted by atomic mass is 10.2. The third-order valence-electron chi connectivity index (χ3n) is 4.78. The van der Waals surface area contributed by atoms with Gasteiger partial charge in [-0.25, -0.2) is 0 Å². The van der Waals surface area contributed by atoms with E-state index >= 15 is 0 Å². The number of nitrogens with zero attached hydrogens (tertiary/aromatic N) is 2. The molecule has 0 atom stereocenters. The summed E-state index contributed by atoms with van der Waals surface area (Å²) in [6.45, 7) is 7.95. The van der Waals surface area contributed by atoms with Gasteiger partial charge >= 0.3 is 0 Å². The summed E-state index contributed by atoms with van der Waals surface area (Å²) in [7, 11) is 0. The molecule has 7 heteroatoms. The van der Waals surface area contributed by atoms with Crippen LogP contribution < -0.4 is 14.8 Å². The molecule has 156 valence electrons. The van der Waals surface area contributed by atoms with Crippen molar-refractivity contribution in [3.63, 3.8) is 0 Å². The summed E-state index contributed by atoms with van der Waals surface area (Å²) in [5.74, 6) is 1.52. The molecule has 1 N–H and O–H groups in total.